The van der Waals surface area contributed by atoms with E-state index in [0.717, 1.165) is 17.8 Å². The lowest BCUT2D eigenvalue weighted by Gasteiger charge is -2.57. The van der Waals surface area contributed by atoms with Crippen molar-refractivity contribution in [1.82, 2.24) is 4.98 Å². The van der Waals surface area contributed by atoms with E-state index >= 15 is 0 Å². The Kier molecular flexibility index (Phi) is 2.51. The molecule has 4 saturated carbocycles. The van der Waals surface area contributed by atoms with Crippen molar-refractivity contribution >= 4 is 5.97 Å². The highest BCUT2D eigenvalue weighted by molar-refractivity contribution is 5.89. The topological polar surface area (TPSA) is 50.2 Å². The lowest BCUT2D eigenvalue weighted by molar-refractivity contribution is -0.00537. The third-order valence-electron chi connectivity index (χ3n) is 5.97. The van der Waals surface area contributed by atoms with E-state index in [1.54, 1.807) is 6.92 Å². The number of carboxylic acids is 1. The molecule has 0 radical (unpaired) electrons. The molecule has 1 aromatic heterocycles. The van der Waals surface area contributed by atoms with Gasteiger partial charge in [-0.3, -0.25) is 4.98 Å². The zero-order chi connectivity index (χ0) is 13.9. The first-order valence-corrected chi connectivity index (χ1v) is 7.76. The number of pyridine rings is 1. The second-order valence-electron chi connectivity index (χ2n) is 7.36. The summed E-state index contributed by atoms with van der Waals surface area (Å²) < 4.78 is 0. The number of aromatic nitrogens is 1. The fourth-order valence-corrected chi connectivity index (χ4v) is 5.50. The van der Waals surface area contributed by atoms with Crippen LogP contribution in [-0.2, 0) is 5.41 Å². The second-order valence-corrected chi connectivity index (χ2v) is 7.36. The highest BCUT2D eigenvalue weighted by Gasteiger charge is 2.51. The van der Waals surface area contributed by atoms with Gasteiger partial charge in [0.2, 0.25) is 0 Å². The van der Waals surface area contributed by atoms with Gasteiger partial charge in [0.05, 0.1) is 11.3 Å². The maximum absolute atomic E-state index is 11.4. The Morgan fingerprint density at radius 1 is 1.20 bits per heavy atom. The van der Waals surface area contributed by atoms with Gasteiger partial charge >= 0.3 is 5.97 Å². The van der Waals surface area contributed by atoms with Crippen LogP contribution in [-0.4, -0.2) is 16.1 Å². The average molecular weight is 271 g/mol. The fraction of sp³-hybridized carbons (Fsp3) is 0.647. The lowest BCUT2D eigenvalue weighted by Crippen LogP contribution is -2.48. The fourth-order valence-electron chi connectivity index (χ4n) is 5.50. The van der Waals surface area contributed by atoms with E-state index in [2.05, 4.69) is 4.98 Å². The number of carbonyl (C=O) groups is 1. The molecule has 0 saturated heterocycles. The van der Waals surface area contributed by atoms with E-state index in [9.17, 15) is 9.90 Å². The quantitative estimate of drug-likeness (QED) is 0.894. The van der Waals surface area contributed by atoms with Crippen LogP contribution in [0.1, 0.15) is 60.1 Å². The van der Waals surface area contributed by atoms with Gasteiger partial charge in [-0.15, -0.1) is 0 Å². The molecular formula is C17H21NO2. The van der Waals surface area contributed by atoms with Crippen LogP contribution >= 0.6 is 0 Å². The zero-order valence-corrected chi connectivity index (χ0v) is 11.9. The summed E-state index contributed by atoms with van der Waals surface area (Å²) >= 11 is 0. The summed E-state index contributed by atoms with van der Waals surface area (Å²) in [7, 11) is 0. The molecule has 106 valence electrons. The Morgan fingerprint density at radius 2 is 1.75 bits per heavy atom. The van der Waals surface area contributed by atoms with Crippen molar-refractivity contribution in [3.63, 3.8) is 0 Å². The second kappa shape index (κ2) is 4.06. The van der Waals surface area contributed by atoms with E-state index in [-0.39, 0.29) is 5.41 Å². The third-order valence-corrected chi connectivity index (χ3v) is 5.97. The molecule has 4 bridgehead atoms. The Morgan fingerprint density at radius 3 is 2.25 bits per heavy atom. The number of hydrogen-bond donors (Lipinski definition) is 1. The van der Waals surface area contributed by atoms with Gasteiger partial charge in [-0.2, -0.15) is 0 Å². The average Bonchev–Trinajstić information content (AvgIpc) is 2.37. The number of nitrogens with zero attached hydrogens (tertiary/aromatic N) is 1. The van der Waals surface area contributed by atoms with Crippen molar-refractivity contribution < 1.29 is 9.90 Å². The number of hydrogen-bond acceptors (Lipinski definition) is 2. The lowest BCUT2D eigenvalue weighted by atomic mass is 9.48. The number of aromatic carboxylic acids is 1. The van der Waals surface area contributed by atoms with Crippen LogP contribution in [0.4, 0.5) is 0 Å². The molecule has 0 aromatic carbocycles. The van der Waals surface area contributed by atoms with Crippen LogP contribution in [0.5, 0.6) is 0 Å². The van der Waals surface area contributed by atoms with E-state index in [1.807, 2.05) is 12.3 Å². The predicted molar refractivity (Wildman–Crippen MR) is 75.8 cm³/mol. The molecule has 4 fully saturated rings. The van der Waals surface area contributed by atoms with Crippen LogP contribution in [0.25, 0.3) is 0 Å². The van der Waals surface area contributed by atoms with Gasteiger partial charge in [-0.05, 0) is 80.2 Å². The summed E-state index contributed by atoms with van der Waals surface area (Å²) in [4.78, 5) is 15.7. The van der Waals surface area contributed by atoms with E-state index < -0.39 is 5.97 Å². The molecule has 0 unspecified atom stereocenters. The van der Waals surface area contributed by atoms with Crippen molar-refractivity contribution in [3.05, 3.63) is 29.1 Å². The molecule has 0 amide bonds. The monoisotopic (exact) mass is 271 g/mol. The first-order chi connectivity index (χ1) is 9.56. The predicted octanol–water partition coefficient (Wildman–Crippen LogP) is 3.56. The van der Waals surface area contributed by atoms with Crippen molar-refractivity contribution in [2.75, 3.05) is 0 Å². The Hall–Kier alpha value is -1.38. The zero-order valence-electron chi connectivity index (χ0n) is 11.9. The van der Waals surface area contributed by atoms with Crippen LogP contribution in [0.3, 0.4) is 0 Å². The molecule has 1 N–H and O–H groups in total. The first kappa shape index (κ1) is 12.4. The normalized spacial score (nSPS) is 38.1. The number of rotatable bonds is 2. The minimum atomic E-state index is -0.846. The highest BCUT2D eigenvalue weighted by Crippen LogP contribution is 2.60. The Bertz CT molecular complexity index is 543. The summed E-state index contributed by atoms with van der Waals surface area (Å²) in [6, 6.07) is 1.91. The van der Waals surface area contributed by atoms with E-state index in [1.165, 1.54) is 44.1 Å². The molecule has 0 atom stereocenters. The summed E-state index contributed by atoms with van der Waals surface area (Å²) in [6.45, 7) is 1.78. The molecule has 3 nitrogen and oxygen atoms in total. The highest BCUT2D eigenvalue weighted by atomic mass is 16.4. The van der Waals surface area contributed by atoms with Crippen LogP contribution < -0.4 is 0 Å². The van der Waals surface area contributed by atoms with Gasteiger partial charge in [0.25, 0.3) is 0 Å². The van der Waals surface area contributed by atoms with Gasteiger partial charge in [0, 0.05) is 6.20 Å². The summed E-state index contributed by atoms with van der Waals surface area (Å²) in [5.41, 5.74) is 2.45. The SMILES string of the molecule is Cc1ncc(C23CC4CC(CC(C4)C2)C3)cc1C(=O)O. The number of aryl methyl sites for hydroxylation is 1. The van der Waals surface area contributed by atoms with E-state index in [4.69, 9.17) is 0 Å². The molecule has 0 aliphatic heterocycles. The summed E-state index contributed by atoms with van der Waals surface area (Å²) in [5, 5.41) is 9.33. The van der Waals surface area contributed by atoms with Crippen molar-refractivity contribution in [2.45, 2.75) is 50.9 Å². The van der Waals surface area contributed by atoms with Crippen LogP contribution in [0.2, 0.25) is 0 Å². The molecule has 1 aromatic rings. The van der Waals surface area contributed by atoms with Crippen molar-refractivity contribution in [3.8, 4) is 0 Å². The van der Waals surface area contributed by atoms with Gasteiger partial charge in [-0.1, -0.05) is 0 Å². The Labute approximate surface area is 119 Å². The van der Waals surface area contributed by atoms with Gasteiger partial charge in [0.1, 0.15) is 0 Å². The van der Waals surface area contributed by atoms with Gasteiger partial charge < -0.3 is 5.11 Å². The van der Waals surface area contributed by atoms with Gasteiger partial charge in [-0.25, -0.2) is 4.79 Å². The summed E-state index contributed by atoms with van der Waals surface area (Å²) in [6.07, 6.45) is 9.93. The van der Waals surface area contributed by atoms with Gasteiger partial charge in [0.15, 0.2) is 0 Å². The van der Waals surface area contributed by atoms with Crippen LogP contribution in [0.15, 0.2) is 12.3 Å². The van der Waals surface area contributed by atoms with Crippen molar-refractivity contribution in [2.24, 2.45) is 17.8 Å². The maximum Gasteiger partial charge on any atom is 0.337 e. The van der Waals surface area contributed by atoms with Crippen molar-refractivity contribution in [1.29, 1.82) is 0 Å². The molecule has 3 heteroatoms. The largest absolute Gasteiger partial charge is 0.478 e. The van der Waals surface area contributed by atoms with E-state index in [0.29, 0.717) is 11.3 Å². The smallest absolute Gasteiger partial charge is 0.337 e. The molecule has 5 rings (SSSR count). The third kappa shape index (κ3) is 1.72. The minimum Gasteiger partial charge on any atom is -0.478 e. The number of carboxylic acid groups (broad SMARTS) is 1. The maximum atomic E-state index is 11.4. The minimum absolute atomic E-state index is 0.236. The molecule has 4 aliphatic rings. The standard InChI is InChI=1S/C17H21NO2/c1-10-15(16(19)20)5-14(9-18-10)17-6-11-2-12(7-17)4-13(3-11)8-17/h5,9,11-13H,2-4,6-8H2,1H3,(H,19,20). The molecule has 20 heavy (non-hydrogen) atoms. The van der Waals surface area contributed by atoms with Crippen LogP contribution in [0, 0.1) is 24.7 Å². The molecule has 0 spiro atoms. The molecule has 1 heterocycles. The molecule has 4 aliphatic carbocycles. The Balaban J connectivity index is 1.77. The molecular weight excluding hydrogens is 250 g/mol. The summed E-state index contributed by atoms with van der Waals surface area (Å²) in [5.74, 6) is 1.77. The first-order valence-electron chi connectivity index (χ1n) is 7.76.